The number of likely N-dealkylation sites (tertiary alicyclic amines) is 1. The molecule has 1 aliphatic heterocycles. The highest BCUT2D eigenvalue weighted by atomic mass is 32.1. The number of piperidine rings is 1. The van der Waals surface area contributed by atoms with Crippen LogP contribution in [0.4, 0.5) is 0 Å². The Morgan fingerprint density at radius 1 is 1.35 bits per heavy atom. The van der Waals surface area contributed by atoms with Crippen LogP contribution in [0.3, 0.4) is 0 Å². The zero-order valence-corrected chi connectivity index (χ0v) is 15.8. The molecule has 3 N–H and O–H groups in total. The lowest BCUT2D eigenvalue weighted by molar-refractivity contribution is -0.135. The lowest BCUT2D eigenvalue weighted by atomic mass is 9.96. The van der Waals surface area contributed by atoms with Crippen molar-refractivity contribution in [1.29, 1.82) is 0 Å². The third-order valence-corrected chi connectivity index (χ3v) is 5.80. The van der Waals surface area contributed by atoms with Crippen LogP contribution in [0.1, 0.15) is 30.7 Å². The second-order valence-electron chi connectivity index (χ2n) is 6.69. The maximum absolute atomic E-state index is 12.5. The maximum Gasteiger partial charge on any atom is 0.224 e. The summed E-state index contributed by atoms with van der Waals surface area (Å²) in [5.74, 6) is 0.0494. The van der Waals surface area contributed by atoms with Crippen molar-refractivity contribution in [2.75, 3.05) is 26.2 Å². The Bertz CT molecular complexity index is 728. The quantitative estimate of drug-likeness (QED) is 0.775. The van der Waals surface area contributed by atoms with E-state index >= 15 is 0 Å². The molecule has 140 valence electrons. The van der Waals surface area contributed by atoms with Crippen LogP contribution in [0.25, 0.3) is 10.2 Å². The summed E-state index contributed by atoms with van der Waals surface area (Å²) in [5.41, 5.74) is 6.45. The van der Waals surface area contributed by atoms with Gasteiger partial charge in [-0.1, -0.05) is 12.1 Å². The predicted octanol–water partition coefficient (Wildman–Crippen LogP) is 1.93. The minimum atomic E-state index is -0.108. The average molecular weight is 375 g/mol. The summed E-state index contributed by atoms with van der Waals surface area (Å²) in [6, 6.07) is 8.10. The number of aryl methyl sites for hydroxylation is 1. The number of hydrogen-bond acceptors (Lipinski definition) is 5. The van der Waals surface area contributed by atoms with Gasteiger partial charge in [0.05, 0.1) is 21.1 Å². The van der Waals surface area contributed by atoms with Crippen LogP contribution in [0.5, 0.6) is 0 Å². The molecule has 2 heterocycles. The summed E-state index contributed by atoms with van der Waals surface area (Å²) >= 11 is 1.70. The Morgan fingerprint density at radius 3 is 3.00 bits per heavy atom. The number of aromatic nitrogens is 1. The van der Waals surface area contributed by atoms with E-state index in [4.69, 9.17) is 5.73 Å². The number of nitrogens with zero attached hydrogens (tertiary/aromatic N) is 2. The van der Waals surface area contributed by atoms with Gasteiger partial charge in [0.2, 0.25) is 11.8 Å². The summed E-state index contributed by atoms with van der Waals surface area (Å²) in [6.45, 7) is 2.20. The first-order valence-corrected chi connectivity index (χ1v) is 10.1. The van der Waals surface area contributed by atoms with Gasteiger partial charge in [-0.15, -0.1) is 11.3 Å². The number of hydrogen-bond donors (Lipinski definition) is 2. The molecule has 3 rings (SSSR count). The van der Waals surface area contributed by atoms with Crippen LogP contribution >= 0.6 is 11.3 Å². The van der Waals surface area contributed by atoms with Gasteiger partial charge in [0, 0.05) is 32.6 Å². The Morgan fingerprint density at radius 2 is 2.19 bits per heavy atom. The van der Waals surface area contributed by atoms with Crippen LogP contribution < -0.4 is 11.1 Å². The van der Waals surface area contributed by atoms with Gasteiger partial charge in [0.25, 0.3) is 0 Å². The Balaban J connectivity index is 1.46. The van der Waals surface area contributed by atoms with E-state index in [1.807, 2.05) is 23.1 Å². The van der Waals surface area contributed by atoms with E-state index in [0.29, 0.717) is 26.1 Å². The molecule has 7 heteroatoms. The molecule has 1 aliphatic rings. The van der Waals surface area contributed by atoms with Gasteiger partial charge in [-0.25, -0.2) is 4.98 Å². The number of carbonyl (C=O) groups is 2. The van der Waals surface area contributed by atoms with Gasteiger partial charge in [-0.2, -0.15) is 0 Å². The number of rotatable bonds is 7. The lowest BCUT2D eigenvalue weighted by Crippen LogP contribution is -2.46. The molecule has 0 bridgehead atoms. The first kappa shape index (κ1) is 18.8. The van der Waals surface area contributed by atoms with Gasteiger partial charge in [-0.3, -0.25) is 9.59 Å². The van der Waals surface area contributed by atoms with E-state index < -0.39 is 0 Å². The molecular weight excluding hydrogens is 348 g/mol. The number of para-hydroxylation sites is 1. The zero-order valence-electron chi connectivity index (χ0n) is 14.9. The number of amides is 2. The molecule has 0 spiro atoms. The number of benzene rings is 1. The van der Waals surface area contributed by atoms with E-state index in [1.54, 1.807) is 11.3 Å². The van der Waals surface area contributed by atoms with Gasteiger partial charge in [0.15, 0.2) is 0 Å². The molecule has 0 radical (unpaired) electrons. The fourth-order valence-corrected chi connectivity index (χ4v) is 4.34. The highest BCUT2D eigenvalue weighted by Crippen LogP contribution is 2.23. The van der Waals surface area contributed by atoms with Crippen molar-refractivity contribution in [3.8, 4) is 0 Å². The second kappa shape index (κ2) is 9.09. The molecule has 1 fully saturated rings. The Hall–Kier alpha value is -1.99. The SMILES string of the molecule is NCCNC(=O)C1CCCN(C(=O)CCCc2nc3ccccc3s2)C1. The van der Waals surface area contributed by atoms with Crippen LogP contribution in [0, 0.1) is 5.92 Å². The minimum Gasteiger partial charge on any atom is -0.355 e. The molecule has 26 heavy (non-hydrogen) atoms. The molecular formula is C19H26N4O2S. The van der Waals surface area contributed by atoms with Crippen LogP contribution in [0.15, 0.2) is 24.3 Å². The number of nitrogens with one attached hydrogen (secondary N) is 1. The largest absolute Gasteiger partial charge is 0.355 e. The summed E-state index contributed by atoms with van der Waals surface area (Å²) in [6.07, 6.45) is 3.84. The lowest BCUT2D eigenvalue weighted by Gasteiger charge is -2.32. The van der Waals surface area contributed by atoms with E-state index in [2.05, 4.69) is 16.4 Å². The van der Waals surface area contributed by atoms with Crippen molar-refractivity contribution in [2.24, 2.45) is 11.7 Å². The molecule has 2 aromatic rings. The highest BCUT2D eigenvalue weighted by molar-refractivity contribution is 7.18. The molecule has 0 saturated carbocycles. The summed E-state index contributed by atoms with van der Waals surface area (Å²) in [7, 11) is 0. The highest BCUT2D eigenvalue weighted by Gasteiger charge is 2.27. The molecule has 6 nitrogen and oxygen atoms in total. The van der Waals surface area contributed by atoms with Crippen molar-refractivity contribution < 1.29 is 9.59 Å². The van der Waals surface area contributed by atoms with E-state index in [0.717, 1.165) is 42.8 Å². The first-order valence-electron chi connectivity index (χ1n) is 9.27. The molecule has 1 aromatic heterocycles. The monoisotopic (exact) mass is 374 g/mol. The topological polar surface area (TPSA) is 88.3 Å². The molecule has 1 unspecified atom stereocenters. The smallest absolute Gasteiger partial charge is 0.224 e. The summed E-state index contributed by atoms with van der Waals surface area (Å²) < 4.78 is 1.19. The van der Waals surface area contributed by atoms with Gasteiger partial charge in [-0.05, 0) is 37.8 Å². The van der Waals surface area contributed by atoms with Crippen LogP contribution in [0.2, 0.25) is 0 Å². The van der Waals surface area contributed by atoms with Crippen LogP contribution in [-0.4, -0.2) is 47.9 Å². The summed E-state index contributed by atoms with van der Waals surface area (Å²) in [5, 5.41) is 3.91. The van der Waals surface area contributed by atoms with Crippen molar-refractivity contribution in [3.05, 3.63) is 29.3 Å². The fourth-order valence-electron chi connectivity index (χ4n) is 3.33. The molecule has 1 aromatic carbocycles. The van der Waals surface area contributed by atoms with Crippen molar-refractivity contribution in [2.45, 2.75) is 32.1 Å². The maximum atomic E-state index is 12.5. The minimum absolute atomic E-state index is 0.0161. The van der Waals surface area contributed by atoms with E-state index in [9.17, 15) is 9.59 Å². The van der Waals surface area contributed by atoms with Gasteiger partial charge >= 0.3 is 0 Å². The third-order valence-electron chi connectivity index (χ3n) is 4.71. The van der Waals surface area contributed by atoms with Crippen molar-refractivity contribution in [1.82, 2.24) is 15.2 Å². The summed E-state index contributed by atoms with van der Waals surface area (Å²) in [4.78, 5) is 31.1. The standard InChI is InChI=1S/C19H26N4O2S/c20-10-11-21-19(25)14-5-4-12-23(13-14)18(24)9-3-8-17-22-15-6-1-2-7-16(15)26-17/h1-2,6-7,14H,3-5,8-13,20H2,(H,21,25). The van der Waals surface area contributed by atoms with E-state index in [-0.39, 0.29) is 17.7 Å². The molecule has 1 saturated heterocycles. The van der Waals surface area contributed by atoms with Crippen LogP contribution in [-0.2, 0) is 16.0 Å². The number of nitrogens with two attached hydrogens (primary N) is 1. The predicted molar refractivity (Wildman–Crippen MR) is 104 cm³/mol. The van der Waals surface area contributed by atoms with Crippen molar-refractivity contribution in [3.63, 3.8) is 0 Å². The third kappa shape index (κ3) is 4.80. The van der Waals surface area contributed by atoms with Gasteiger partial charge < -0.3 is 16.0 Å². The number of carbonyl (C=O) groups excluding carboxylic acids is 2. The normalized spacial score (nSPS) is 17.4. The Kier molecular flexibility index (Phi) is 6.57. The molecule has 2 amide bonds. The molecule has 0 aliphatic carbocycles. The van der Waals surface area contributed by atoms with E-state index in [1.165, 1.54) is 4.70 Å². The van der Waals surface area contributed by atoms with Crippen molar-refractivity contribution >= 4 is 33.4 Å². The van der Waals surface area contributed by atoms with Gasteiger partial charge in [0.1, 0.15) is 0 Å². The molecule has 1 atom stereocenters. The Labute approximate surface area is 157 Å². The zero-order chi connectivity index (χ0) is 18.4. The number of thiazole rings is 1. The fraction of sp³-hybridized carbons (Fsp3) is 0.526. The second-order valence-corrected chi connectivity index (χ2v) is 7.80. The number of fused-ring (bicyclic) bond motifs is 1. The average Bonchev–Trinajstić information content (AvgIpc) is 3.09. The first-order chi connectivity index (χ1) is 12.7.